The molecule has 0 radical (unpaired) electrons. The van der Waals surface area contributed by atoms with Crippen molar-refractivity contribution in [1.29, 1.82) is 0 Å². The molecular weight excluding hydrogens is 280 g/mol. The molecule has 5 nitrogen and oxygen atoms in total. The van der Waals surface area contributed by atoms with E-state index in [0.717, 1.165) is 11.1 Å². The molecular formula is C17H18N2O3. The van der Waals surface area contributed by atoms with Crippen LogP contribution in [-0.2, 0) is 4.79 Å². The average molecular weight is 298 g/mol. The van der Waals surface area contributed by atoms with E-state index in [9.17, 15) is 9.90 Å². The summed E-state index contributed by atoms with van der Waals surface area (Å²) in [5.41, 5.74) is 4.92. The van der Waals surface area contributed by atoms with Crippen LogP contribution in [0.1, 0.15) is 16.7 Å². The lowest BCUT2D eigenvalue weighted by Crippen LogP contribution is -2.24. The number of amides is 1. The van der Waals surface area contributed by atoms with E-state index >= 15 is 0 Å². The molecule has 0 fully saturated rings. The summed E-state index contributed by atoms with van der Waals surface area (Å²) in [6.45, 7) is 3.76. The van der Waals surface area contributed by atoms with Gasteiger partial charge in [-0.1, -0.05) is 24.3 Å². The number of para-hydroxylation sites is 1. The molecule has 114 valence electrons. The molecule has 0 unspecified atom stereocenters. The molecule has 0 bridgehead atoms. The van der Waals surface area contributed by atoms with Crippen LogP contribution in [0.2, 0.25) is 0 Å². The second-order valence-corrected chi connectivity index (χ2v) is 4.91. The van der Waals surface area contributed by atoms with E-state index in [4.69, 9.17) is 4.74 Å². The Balaban J connectivity index is 1.86. The highest BCUT2D eigenvalue weighted by Crippen LogP contribution is 2.18. The zero-order valence-electron chi connectivity index (χ0n) is 12.5. The number of hydrogen-bond acceptors (Lipinski definition) is 4. The third-order valence-electron chi connectivity index (χ3n) is 3.03. The highest BCUT2D eigenvalue weighted by Gasteiger charge is 2.04. The number of nitrogens with zero attached hydrogens (tertiary/aromatic N) is 1. The van der Waals surface area contributed by atoms with E-state index in [1.807, 2.05) is 32.0 Å². The fraction of sp³-hybridized carbons (Fsp3) is 0.176. The number of benzene rings is 2. The normalized spacial score (nSPS) is 10.6. The number of ether oxygens (including phenoxy) is 1. The Morgan fingerprint density at radius 3 is 2.82 bits per heavy atom. The van der Waals surface area contributed by atoms with Gasteiger partial charge < -0.3 is 9.84 Å². The van der Waals surface area contributed by atoms with Crippen molar-refractivity contribution in [2.75, 3.05) is 6.61 Å². The van der Waals surface area contributed by atoms with Crippen LogP contribution in [-0.4, -0.2) is 23.8 Å². The molecule has 2 aromatic rings. The zero-order chi connectivity index (χ0) is 15.9. The highest BCUT2D eigenvalue weighted by molar-refractivity contribution is 5.85. The summed E-state index contributed by atoms with van der Waals surface area (Å²) in [5.74, 6) is 0.416. The van der Waals surface area contributed by atoms with Gasteiger partial charge in [0.25, 0.3) is 5.91 Å². The number of hydrogen-bond donors (Lipinski definition) is 2. The fourth-order valence-corrected chi connectivity index (χ4v) is 1.81. The lowest BCUT2D eigenvalue weighted by molar-refractivity contribution is -0.123. The molecule has 1 amide bonds. The largest absolute Gasteiger partial charge is 0.507 e. The summed E-state index contributed by atoms with van der Waals surface area (Å²) >= 11 is 0. The first-order valence-corrected chi connectivity index (χ1v) is 6.86. The van der Waals surface area contributed by atoms with Crippen molar-refractivity contribution in [3.8, 4) is 11.5 Å². The molecule has 2 N–H and O–H groups in total. The summed E-state index contributed by atoms with van der Waals surface area (Å²) in [7, 11) is 0. The Hall–Kier alpha value is -2.82. The number of carbonyl (C=O) groups is 1. The predicted octanol–water partition coefficient (Wildman–Crippen LogP) is 2.54. The second kappa shape index (κ2) is 7.26. The number of aryl methyl sites for hydroxylation is 2. The van der Waals surface area contributed by atoms with Crippen molar-refractivity contribution in [3.05, 3.63) is 59.2 Å². The third kappa shape index (κ3) is 4.34. The first-order chi connectivity index (χ1) is 10.6. The van der Waals surface area contributed by atoms with Gasteiger partial charge in [-0.2, -0.15) is 5.10 Å². The van der Waals surface area contributed by atoms with E-state index in [-0.39, 0.29) is 18.3 Å². The van der Waals surface area contributed by atoms with Gasteiger partial charge in [0.1, 0.15) is 11.5 Å². The van der Waals surface area contributed by atoms with Crippen LogP contribution in [0, 0.1) is 13.8 Å². The zero-order valence-corrected chi connectivity index (χ0v) is 12.5. The van der Waals surface area contributed by atoms with Crippen molar-refractivity contribution >= 4 is 12.1 Å². The molecule has 5 heteroatoms. The first-order valence-electron chi connectivity index (χ1n) is 6.86. The van der Waals surface area contributed by atoms with Gasteiger partial charge in [-0.15, -0.1) is 0 Å². The van der Waals surface area contributed by atoms with Crippen LogP contribution in [0.25, 0.3) is 0 Å². The average Bonchev–Trinajstić information content (AvgIpc) is 2.50. The van der Waals surface area contributed by atoms with E-state index in [0.29, 0.717) is 11.3 Å². The Bertz CT molecular complexity index is 696. The highest BCUT2D eigenvalue weighted by atomic mass is 16.5. The second-order valence-electron chi connectivity index (χ2n) is 4.91. The standard InChI is InChI=1S/C17H18N2O3/c1-12-7-8-13(2)16(9-12)22-11-17(21)19-18-10-14-5-3-4-6-15(14)20/h3-10,20H,11H2,1-2H3,(H,19,21)/b18-10-. The molecule has 0 heterocycles. The summed E-state index contributed by atoms with van der Waals surface area (Å²) < 4.78 is 5.47. The third-order valence-corrected chi connectivity index (χ3v) is 3.03. The minimum absolute atomic E-state index is 0.104. The number of aromatic hydroxyl groups is 1. The lowest BCUT2D eigenvalue weighted by Gasteiger charge is -2.08. The molecule has 0 spiro atoms. The Morgan fingerprint density at radius 2 is 2.05 bits per heavy atom. The first kappa shape index (κ1) is 15.6. The van der Waals surface area contributed by atoms with Gasteiger partial charge in [0.05, 0.1) is 6.21 Å². The summed E-state index contributed by atoms with van der Waals surface area (Å²) in [6.07, 6.45) is 1.38. The number of phenols is 1. The molecule has 0 aromatic heterocycles. The molecule has 2 rings (SSSR count). The van der Waals surface area contributed by atoms with Crippen molar-refractivity contribution in [2.24, 2.45) is 5.10 Å². The van der Waals surface area contributed by atoms with Gasteiger partial charge in [-0.05, 0) is 43.2 Å². The molecule has 0 aliphatic rings. The lowest BCUT2D eigenvalue weighted by atomic mass is 10.1. The molecule has 0 saturated heterocycles. The molecule has 0 aliphatic heterocycles. The monoisotopic (exact) mass is 298 g/mol. The van der Waals surface area contributed by atoms with E-state index < -0.39 is 0 Å². The number of nitrogens with one attached hydrogen (secondary N) is 1. The van der Waals surface area contributed by atoms with Crippen LogP contribution in [0.5, 0.6) is 11.5 Å². The van der Waals surface area contributed by atoms with E-state index in [1.54, 1.807) is 24.3 Å². The summed E-state index contributed by atoms with van der Waals surface area (Å²) in [6, 6.07) is 12.5. The van der Waals surface area contributed by atoms with Gasteiger partial charge in [-0.3, -0.25) is 4.79 Å². The van der Waals surface area contributed by atoms with Gasteiger partial charge in [0.15, 0.2) is 6.61 Å². The molecule has 0 saturated carbocycles. The smallest absolute Gasteiger partial charge is 0.277 e. The van der Waals surface area contributed by atoms with Crippen LogP contribution >= 0.6 is 0 Å². The summed E-state index contributed by atoms with van der Waals surface area (Å²) in [4.78, 5) is 11.7. The number of rotatable bonds is 5. The number of phenolic OH excluding ortho intramolecular Hbond substituents is 1. The van der Waals surface area contributed by atoms with E-state index in [1.165, 1.54) is 6.21 Å². The topological polar surface area (TPSA) is 70.9 Å². The van der Waals surface area contributed by atoms with Crippen LogP contribution in [0.3, 0.4) is 0 Å². The molecule has 2 aromatic carbocycles. The fourth-order valence-electron chi connectivity index (χ4n) is 1.81. The van der Waals surface area contributed by atoms with Crippen LogP contribution < -0.4 is 10.2 Å². The maximum absolute atomic E-state index is 11.7. The minimum atomic E-state index is -0.368. The van der Waals surface area contributed by atoms with Crippen molar-refractivity contribution < 1.29 is 14.6 Å². The Labute approximate surface area is 129 Å². The Kier molecular flexibility index (Phi) is 5.14. The van der Waals surface area contributed by atoms with Crippen LogP contribution in [0.4, 0.5) is 0 Å². The quantitative estimate of drug-likeness (QED) is 0.658. The maximum atomic E-state index is 11.7. The van der Waals surface area contributed by atoms with Gasteiger partial charge in [-0.25, -0.2) is 5.43 Å². The SMILES string of the molecule is Cc1ccc(C)c(OCC(=O)N/N=C\c2ccccc2O)c1. The van der Waals surface area contributed by atoms with Gasteiger partial charge in [0, 0.05) is 5.56 Å². The van der Waals surface area contributed by atoms with Crippen LogP contribution in [0.15, 0.2) is 47.6 Å². The minimum Gasteiger partial charge on any atom is -0.507 e. The molecule has 0 atom stereocenters. The maximum Gasteiger partial charge on any atom is 0.277 e. The number of carbonyl (C=O) groups excluding carboxylic acids is 1. The molecule has 22 heavy (non-hydrogen) atoms. The molecule has 0 aliphatic carbocycles. The van der Waals surface area contributed by atoms with Crippen molar-refractivity contribution in [3.63, 3.8) is 0 Å². The predicted molar refractivity (Wildman–Crippen MR) is 85.3 cm³/mol. The van der Waals surface area contributed by atoms with Gasteiger partial charge >= 0.3 is 0 Å². The van der Waals surface area contributed by atoms with Crippen molar-refractivity contribution in [2.45, 2.75) is 13.8 Å². The van der Waals surface area contributed by atoms with Gasteiger partial charge in [0.2, 0.25) is 0 Å². The number of hydrazone groups is 1. The summed E-state index contributed by atoms with van der Waals surface area (Å²) in [5, 5.41) is 13.3. The Morgan fingerprint density at radius 1 is 1.27 bits per heavy atom. The van der Waals surface area contributed by atoms with E-state index in [2.05, 4.69) is 10.5 Å². The van der Waals surface area contributed by atoms with Crippen molar-refractivity contribution in [1.82, 2.24) is 5.43 Å².